The Bertz CT molecular complexity index is 209. The average Bonchev–Trinajstić information content (AvgIpc) is 2.50. The maximum atomic E-state index is 11.0. The van der Waals surface area contributed by atoms with Crippen LogP contribution in [0.25, 0.3) is 0 Å². The molecule has 1 rings (SSSR count). The van der Waals surface area contributed by atoms with Crippen LogP contribution < -0.4 is 5.73 Å². The fourth-order valence-corrected chi connectivity index (χ4v) is 2.05. The molecule has 1 amide bonds. The van der Waals surface area contributed by atoms with Gasteiger partial charge in [-0.15, -0.1) is 0 Å². The number of carbonyl (C=O) groups is 2. The molecule has 1 unspecified atom stereocenters. The van der Waals surface area contributed by atoms with Crippen LogP contribution in [-0.4, -0.2) is 17.0 Å². The molecule has 4 heteroatoms. The van der Waals surface area contributed by atoms with Crippen molar-refractivity contribution in [3.8, 4) is 0 Å². The number of primary amides is 1. The highest BCUT2D eigenvalue weighted by molar-refractivity contribution is 5.82. The third-order valence-corrected chi connectivity index (χ3v) is 2.73. The second kappa shape index (κ2) is 4.25. The zero-order valence-corrected chi connectivity index (χ0v) is 7.53. The Labute approximate surface area is 77.1 Å². The fraction of sp³-hybridized carbons (Fsp3) is 0.778. The van der Waals surface area contributed by atoms with Gasteiger partial charge in [-0.05, 0) is 18.8 Å². The summed E-state index contributed by atoms with van der Waals surface area (Å²) < 4.78 is 0. The maximum absolute atomic E-state index is 11.0. The minimum atomic E-state index is -0.935. The SMILES string of the molecule is NC(=O)C(CC(=O)O)C1CCCC1. The van der Waals surface area contributed by atoms with Gasteiger partial charge in [-0.25, -0.2) is 0 Å². The summed E-state index contributed by atoms with van der Waals surface area (Å²) in [5, 5.41) is 8.59. The topological polar surface area (TPSA) is 80.4 Å². The number of rotatable bonds is 4. The number of carbonyl (C=O) groups excluding carboxylic acids is 1. The number of carboxylic acid groups (broad SMARTS) is 1. The van der Waals surface area contributed by atoms with Crippen molar-refractivity contribution in [1.29, 1.82) is 0 Å². The van der Waals surface area contributed by atoms with E-state index in [0.717, 1.165) is 25.7 Å². The summed E-state index contributed by atoms with van der Waals surface area (Å²) >= 11 is 0. The first kappa shape index (κ1) is 10.0. The van der Waals surface area contributed by atoms with E-state index in [0.29, 0.717) is 0 Å². The Kier molecular flexibility index (Phi) is 3.28. The van der Waals surface area contributed by atoms with Crippen molar-refractivity contribution >= 4 is 11.9 Å². The standard InChI is InChI=1S/C9H15NO3/c10-9(13)7(5-8(11)12)6-3-1-2-4-6/h6-7H,1-5H2,(H2,10,13)(H,11,12). The van der Waals surface area contributed by atoms with E-state index in [2.05, 4.69) is 0 Å². The molecule has 1 fully saturated rings. The van der Waals surface area contributed by atoms with E-state index in [4.69, 9.17) is 10.8 Å². The lowest BCUT2D eigenvalue weighted by molar-refractivity contribution is -0.141. The lowest BCUT2D eigenvalue weighted by atomic mass is 9.88. The minimum absolute atomic E-state index is 0.111. The molecule has 1 saturated carbocycles. The predicted molar refractivity (Wildman–Crippen MR) is 46.9 cm³/mol. The Hall–Kier alpha value is -1.06. The summed E-state index contributed by atoms with van der Waals surface area (Å²) in [6.45, 7) is 0. The lowest BCUT2D eigenvalue weighted by Gasteiger charge is -2.17. The smallest absolute Gasteiger partial charge is 0.304 e. The molecule has 3 N–H and O–H groups in total. The summed E-state index contributed by atoms with van der Waals surface area (Å²) in [6, 6.07) is 0. The van der Waals surface area contributed by atoms with Crippen LogP contribution in [0.15, 0.2) is 0 Å². The van der Waals surface area contributed by atoms with Gasteiger partial charge < -0.3 is 10.8 Å². The summed E-state index contributed by atoms with van der Waals surface area (Å²) in [6.07, 6.45) is 3.96. The Morgan fingerprint density at radius 1 is 1.38 bits per heavy atom. The number of aliphatic carboxylic acids is 1. The van der Waals surface area contributed by atoms with E-state index in [1.165, 1.54) is 0 Å². The maximum Gasteiger partial charge on any atom is 0.304 e. The van der Waals surface area contributed by atoms with Crippen LogP contribution in [0.3, 0.4) is 0 Å². The molecular formula is C9H15NO3. The monoisotopic (exact) mass is 185 g/mol. The molecule has 0 saturated heterocycles. The van der Waals surface area contributed by atoms with Gasteiger partial charge in [0.2, 0.25) is 5.91 Å². The van der Waals surface area contributed by atoms with Crippen LogP contribution in [0.5, 0.6) is 0 Å². The summed E-state index contributed by atoms with van der Waals surface area (Å²) in [4.78, 5) is 21.4. The molecule has 1 aliphatic rings. The van der Waals surface area contributed by atoms with Gasteiger partial charge in [0.15, 0.2) is 0 Å². The van der Waals surface area contributed by atoms with Gasteiger partial charge >= 0.3 is 5.97 Å². The minimum Gasteiger partial charge on any atom is -0.481 e. The lowest BCUT2D eigenvalue weighted by Crippen LogP contribution is -2.30. The van der Waals surface area contributed by atoms with Crippen molar-refractivity contribution in [3.05, 3.63) is 0 Å². The van der Waals surface area contributed by atoms with Crippen LogP contribution >= 0.6 is 0 Å². The van der Waals surface area contributed by atoms with Crippen molar-refractivity contribution in [3.63, 3.8) is 0 Å². The van der Waals surface area contributed by atoms with Crippen LogP contribution in [0.4, 0.5) is 0 Å². The van der Waals surface area contributed by atoms with E-state index in [9.17, 15) is 9.59 Å². The summed E-state index contributed by atoms with van der Waals surface area (Å²) in [7, 11) is 0. The van der Waals surface area contributed by atoms with Crippen LogP contribution in [0, 0.1) is 11.8 Å². The second-order valence-corrected chi connectivity index (χ2v) is 3.65. The molecule has 0 heterocycles. The third-order valence-electron chi connectivity index (χ3n) is 2.73. The molecule has 0 bridgehead atoms. The molecule has 0 aromatic rings. The van der Waals surface area contributed by atoms with Crippen molar-refractivity contribution in [2.24, 2.45) is 17.6 Å². The Morgan fingerprint density at radius 3 is 2.31 bits per heavy atom. The van der Waals surface area contributed by atoms with E-state index in [1.807, 2.05) is 0 Å². The third kappa shape index (κ3) is 2.72. The Balaban J connectivity index is 2.55. The van der Waals surface area contributed by atoms with Crippen molar-refractivity contribution in [2.75, 3.05) is 0 Å². The first-order chi connectivity index (χ1) is 6.11. The molecule has 0 radical (unpaired) electrons. The molecule has 0 aliphatic heterocycles. The number of hydrogen-bond donors (Lipinski definition) is 2. The average molecular weight is 185 g/mol. The van der Waals surface area contributed by atoms with E-state index < -0.39 is 17.8 Å². The second-order valence-electron chi connectivity index (χ2n) is 3.65. The molecule has 74 valence electrons. The largest absolute Gasteiger partial charge is 0.481 e. The van der Waals surface area contributed by atoms with Crippen molar-refractivity contribution in [2.45, 2.75) is 32.1 Å². The van der Waals surface area contributed by atoms with Gasteiger partial charge in [-0.3, -0.25) is 9.59 Å². The molecule has 1 aliphatic carbocycles. The van der Waals surface area contributed by atoms with Crippen LogP contribution in [-0.2, 0) is 9.59 Å². The predicted octanol–water partition coefficient (Wildman–Crippen LogP) is 0.753. The number of hydrogen-bond acceptors (Lipinski definition) is 2. The first-order valence-corrected chi connectivity index (χ1v) is 4.62. The van der Waals surface area contributed by atoms with Crippen LogP contribution in [0.2, 0.25) is 0 Å². The van der Waals surface area contributed by atoms with Gasteiger partial charge in [0.05, 0.1) is 12.3 Å². The summed E-state index contributed by atoms with van der Waals surface area (Å²) in [5.41, 5.74) is 5.16. The van der Waals surface area contributed by atoms with Gasteiger partial charge in [0, 0.05) is 0 Å². The van der Waals surface area contributed by atoms with Crippen LogP contribution in [0.1, 0.15) is 32.1 Å². The molecular weight excluding hydrogens is 170 g/mol. The normalized spacial score (nSPS) is 20.0. The zero-order valence-electron chi connectivity index (χ0n) is 7.53. The molecule has 0 aromatic heterocycles. The first-order valence-electron chi connectivity index (χ1n) is 4.62. The van der Waals surface area contributed by atoms with Gasteiger partial charge in [0.1, 0.15) is 0 Å². The Morgan fingerprint density at radius 2 is 1.92 bits per heavy atom. The quantitative estimate of drug-likeness (QED) is 0.678. The van der Waals surface area contributed by atoms with E-state index in [-0.39, 0.29) is 12.3 Å². The molecule has 4 nitrogen and oxygen atoms in total. The highest BCUT2D eigenvalue weighted by atomic mass is 16.4. The zero-order chi connectivity index (χ0) is 9.84. The van der Waals surface area contributed by atoms with Gasteiger partial charge in [-0.2, -0.15) is 0 Å². The van der Waals surface area contributed by atoms with Gasteiger partial charge in [-0.1, -0.05) is 12.8 Å². The fourth-order valence-electron chi connectivity index (χ4n) is 2.05. The molecule has 0 aromatic carbocycles. The highest BCUT2D eigenvalue weighted by Gasteiger charge is 2.30. The molecule has 0 spiro atoms. The van der Waals surface area contributed by atoms with E-state index in [1.54, 1.807) is 0 Å². The molecule has 13 heavy (non-hydrogen) atoms. The number of amides is 1. The summed E-state index contributed by atoms with van der Waals surface area (Å²) in [5.74, 6) is -1.65. The molecule has 1 atom stereocenters. The highest BCUT2D eigenvalue weighted by Crippen LogP contribution is 2.32. The van der Waals surface area contributed by atoms with Gasteiger partial charge in [0.25, 0.3) is 0 Å². The van der Waals surface area contributed by atoms with Crippen molar-refractivity contribution < 1.29 is 14.7 Å². The number of nitrogens with two attached hydrogens (primary N) is 1. The van der Waals surface area contributed by atoms with E-state index >= 15 is 0 Å². The number of carboxylic acids is 1. The van der Waals surface area contributed by atoms with Crippen molar-refractivity contribution in [1.82, 2.24) is 0 Å².